The first kappa shape index (κ1) is 13.0. The van der Waals surface area contributed by atoms with E-state index in [0.717, 1.165) is 19.3 Å². The van der Waals surface area contributed by atoms with Crippen LogP contribution in [0.5, 0.6) is 0 Å². The Morgan fingerprint density at radius 1 is 1.12 bits per heavy atom. The van der Waals surface area contributed by atoms with Crippen LogP contribution in [-0.4, -0.2) is 54.9 Å². The van der Waals surface area contributed by atoms with Crippen LogP contribution in [-0.2, 0) is 10.2 Å². The maximum atomic E-state index is 12.3. The molecule has 98 valence electrons. The first-order valence-corrected chi connectivity index (χ1v) is 7.55. The van der Waals surface area contributed by atoms with Crippen molar-refractivity contribution in [1.82, 2.24) is 8.61 Å². The van der Waals surface area contributed by atoms with Crippen molar-refractivity contribution < 1.29 is 13.5 Å². The fourth-order valence-corrected chi connectivity index (χ4v) is 3.92. The minimum atomic E-state index is -3.28. The second kappa shape index (κ2) is 5.48. The van der Waals surface area contributed by atoms with Gasteiger partial charge in [-0.1, -0.05) is 12.2 Å². The molecule has 0 bridgehead atoms. The van der Waals surface area contributed by atoms with Crippen molar-refractivity contribution in [3.05, 3.63) is 12.2 Å². The predicted molar refractivity (Wildman–Crippen MR) is 65.6 cm³/mol. The maximum Gasteiger partial charge on any atom is 0.282 e. The average Bonchev–Trinajstić information content (AvgIpc) is 2.40. The molecule has 5 nitrogen and oxygen atoms in total. The quantitative estimate of drug-likeness (QED) is 0.737. The summed E-state index contributed by atoms with van der Waals surface area (Å²) in [4.78, 5) is 0. The zero-order valence-electron chi connectivity index (χ0n) is 9.96. The van der Waals surface area contributed by atoms with E-state index in [9.17, 15) is 8.42 Å². The topological polar surface area (TPSA) is 60.9 Å². The molecular formula is C11H20N2O3S. The van der Waals surface area contributed by atoms with Gasteiger partial charge in [0, 0.05) is 32.8 Å². The minimum absolute atomic E-state index is 0.167. The Morgan fingerprint density at radius 2 is 1.82 bits per heavy atom. The molecular weight excluding hydrogens is 240 g/mol. The van der Waals surface area contributed by atoms with E-state index in [4.69, 9.17) is 5.11 Å². The number of hydrogen-bond acceptors (Lipinski definition) is 3. The largest absolute Gasteiger partial charge is 0.396 e. The molecule has 0 aliphatic carbocycles. The maximum absolute atomic E-state index is 12.3. The summed E-state index contributed by atoms with van der Waals surface area (Å²) in [6.07, 6.45) is 6.25. The molecule has 2 rings (SSSR count). The molecule has 6 heteroatoms. The van der Waals surface area contributed by atoms with E-state index in [2.05, 4.69) is 0 Å². The van der Waals surface area contributed by atoms with Crippen molar-refractivity contribution >= 4 is 10.2 Å². The van der Waals surface area contributed by atoms with Crippen molar-refractivity contribution in [2.75, 3.05) is 32.8 Å². The second-order valence-corrected chi connectivity index (χ2v) is 6.58. The Bertz CT molecular complexity index is 372. The van der Waals surface area contributed by atoms with Crippen LogP contribution in [0, 0.1) is 5.92 Å². The molecule has 2 aliphatic heterocycles. The van der Waals surface area contributed by atoms with Gasteiger partial charge < -0.3 is 5.11 Å². The molecule has 1 N–H and O–H groups in total. The van der Waals surface area contributed by atoms with Gasteiger partial charge in [0.2, 0.25) is 0 Å². The van der Waals surface area contributed by atoms with Crippen molar-refractivity contribution in [3.8, 4) is 0 Å². The third-order valence-electron chi connectivity index (χ3n) is 3.51. The molecule has 2 aliphatic rings. The van der Waals surface area contributed by atoms with Crippen LogP contribution in [0.4, 0.5) is 0 Å². The van der Waals surface area contributed by atoms with Crippen molar-refractivity contribution in [1.29, 1.82) is 0 Å². The number of aliphatic hydroxyl groups excluding tert-OH is 1. The molecule has 0 amide bonds. The van der Waals surface area contributed by atoms with Gasteiger partial charge in [-0.15, -0.1) is 0 Å². The van der Waals surface area contributed by atoms with E-state index in [1.54, 1.807) is 4.31 Å². The van der Waals surface area contributed by atoms with E-state index in [-0.39, 0.29) is 12.5 Å². The molecule has 0 atom stereocenters. The van der Waals surface area contributed by atoms with Crippen molar-refractivity contribution in [2.24, 2.45) is 5.92 Å². The highest BCUT2D eigenvalue weighted by Crippen LogP contribution is 2.21. The highest BCUT2D eigenvalue weighted by atomic mass is 32.2. The van der Waals surface area contributed by atoms with Gasteiger partial charge >= 0.3 is 0 Å². The molecule has 2 heterocycles. The molecule has 0 aromatic rings. The molecule has 1 fully saturated rings. The summed E-state index contributed by atoms with van der Waals surface area (Å²) in [5, 5.41) is 9.04. The molecule has 17 heavy (non-hydrogen) atoms. The Labute approximate surface area is 103 Å². The average molecular weight is 260 g/mol. The number of rotatable bonds is 3. The monoisotopic (exact) mass is 260 g/mol. The van der Waals surface area contributed by atoms with E-state index in [1.165, 1.54) is 4.31 Å². The summed E-state index contributed by atoms with van der Waals surface area (Å²) < 4.78 is 27.7. The standard InChI is InChI=1S/C11H20N2O3S/c14-10-11-4-8-13(9-5-11)17(15,16)12-6-2-1-3-7-12/h1-2,11,14H,3-10H2. The van der Waals surface area contributed by atoms with Gasteiger partial charge in [0.1, 0.15) is 0 Å². The SMILES string of the molecule is O=S(=O)(N1CC=CCC1)N1CCC(CO)CC1. The van der Waals surface area contributed by atoms with Crippen LogP contribution >= 0.6 is 0 Å². The van der Waals surface area contributed by atoms with Crippen LogP contribution in [0.15, 0.2) is 12.2 Å². The van der Waals surface area contributed by atoms with Crippen LogP contribution in [0.1, 0.15) is 19.3 Å². The van der Waals surface area contributed by atoms with Gasteiger partial charge in [-0.2, -0.15) is 17.0 Å². The van der Waals surface area contributed by atoms with Gasteiger partial charge in [0.15, 0.2) is 0 Å². The number of hydrogen-bond donors (Lipinski definition) is 1. The lowest BCUT2D eigenvalue weighted by molar-refractivity contribution is 0.166. The van der Waals surface area contributed by atoms with Gasteiger partial charge in [0.05, 0.1) is 0 Å². The lowest BCUT2D eigenvalue weighted by Gasteiger charge is -2.34. The Kier molecular flexibility index (Phi) is 4.19. The first-order valence-electron chi connectivity index (χ1n) is 6.15. The summed E-state index contributed by atoms with van der Waals surface area (Å²) in [5.74, 6) is 0.266. The highest BCUT2D eigenvalue weighted by Gasteiger charge is 2.32. The molecule has 0 unspecified atom stereocenters. The molecule has 0 saturated carbocycles. The van der Waals surface area contributed by atoms with E-state index in [0.29, 0.717) is 26.2 Å². The summed E-state index contributed by atoms with van der Waals surface area (Å²) >= 11 is 0. The van der Waals surface area contributed by atoms with Gasteiger partial charge in [-0.25, -0.2) is 0 Å². The fraction of sp³-hybridized carbons (Fsp3) is 0.818. The zero-order chi connectivity index (χ0) is 12.3. The Balaban J connectivity index is 1.99. The Morgan fingerprint density at radius 3 is 2.35 bits per heavy atom. The lowest BCUT2D eigenvalue weighted by Crippen LogP contribution is -2.48. The van der Waals surface area contributed by atoms with Gasteiger partial charge in [-0.05, 0) is 25.2 Å². The smallest absolute Gasteiger partial charge is 0.282 e. The molecule has 0 spiro atoms. The van der Waals surface area contributed by atoms with Crippen molar-refractivity contribution in [2.45, 2.75) is 19.3 Å². The highest BCUT2D eigenvalue weighted by molar-refractivity contribution is 7.86. The van der Waals surface area contributed by atoms with Gasteiger partial charge in [0.25, 0.3) is 10.2 Å². The number of nitrogens with zero attached hydrogens (tertiary/aromatic N) is 2. The fourth-order valence-electron chi connectivity index (χ4n) is 2.32. The normalized spacial score (nSPS) is 25.2. The van der Waals surface area contributed by atoms with Crippen molar-refractivity contribution in [3.63, 3.8) is 0 Å². The van der Waals surface area contributed by atoms with Crippen LogP contribution in [0.2, 0.25) is 0 Å². The van der Waals surface area contributed by atoms with Gasteiger partial charge in [-0.3, -0.25) is 0 Å². The summed E-state index contributed by atoms with van der Waals surface area (Å²) in [5.41, 5.74) is 0. The summed E-state index contributed by atoms with van der Waals surface area (Å²) in [6, 6.07) is 0. The number of piperidine rings is 1. The van der Waals surface area contributed by atoms with Crippen LogP contribution in [0.25, 0.3) is 0 Å². The molecule has 0 radical (unpaired) electrons. The van der Waals surface area contributed by atoms with E-state index < -0.39 is 10.2 Å². The molecule has 1 saturated heterocycles. The number of aliphatic hydroxyl groups is 1. The third kappa shape index (κ3) is 2.88. The summed E-state index contributed by atoms with van der Waals surface area (Å²) in [7, 11) is -3.28. The predicted octanol–water partition coefficient (Wildman–Crippen LogP) is 0.197. The van der Waals surface area contributed by atoms with Crippen LogP contribution in [0.3, 0.4) is 0 Å². The lowest BCUT2D eigenvalue weighted by atomic mass is 10.00. The third-order valence-corrected chi connectivity index (χ3v) is 5.51. The summed E-state index contributed by atoms with van der Waals surface area (Å²) in [6.45, 7) is 2.31. The van der Waals surface area contributed by atoms with E-state index >= 15 is 0 Å². The zero-order valence-corrected chi connectivity index (χ0v) is 10.8. The minimum Gasteiger partial charge on any atom is -0.396 e. The van der Waals surface area contributed by atoms with Crippen LogP contribution < -0.4 is 0 Å². The Hall–Kier alpha value is -0.430. The second-order valence-electron chi connectivity index (χ2n) is 4.65. The van der Waals surface area contributed by atoms with E-state index in [1.807, 2.05) is 12.2 Å². The first-order chi connectivity index (χ1) is 8.14. The molecule has 0 aromatic carbocycles. The molecule has 0 aromatic heterocycles.